The van der Waals surface area contributed by atoms with Crippen LogP contribution in [0.5, 0.6) is 0 Å². The van der Waals surface area contributed by atoms with E-state index in [1.54, 1.807) is 0 Å². The average molecular weight is 283 g/mol. The second-order valence-corrected chi connectivity index (χ2v) is 6.54. The third kappa shape index (κ3) is 3.15. The molecule has 0 aromatic carbocycles. The molecule has 5 nitrogen and oxygen atoms in total. The summed E-state index contributed by atoms with van der Waals surface area (Å²) < 4.78 is 11.5. The van der Waals surface area contributed by atoms with Crippen molar-refractivity contribution in [3.63, 3.8) is 0 Å². The zero-order valence-electron chi connectivity index (χ0n) is 12.1. The predicted octanol–water partition coefficient (Wildman–Crippen LogP) is 1.51. The van der Waals surface area contributed by atoms with Crippen LogP contribution in [0.3, 0.4) is 0 Å². The number of ether oxygens (including phenoxy) is 2. The lowest BCUT2D eigenvalue weighted by Gasteiger charge is -2.45. The van der Waals surface area contributed by atoms with Gasteiger partial charge in [-0.05, 0) is 44.6 Å². The van der Waals surface area contributed by atoms with Gasteiger partial charge >= 0.3 is 5.97 Å². The quantitative estimate of drug-likeness (QED) is 0.851. The fraction of sp³-hybridized carbons (Fsp3) is 0.933. The first-order valence-electron chi connectivity index (χ1n) is 7.84. The maximum Gasteiger partial charge on any atom is 0.303 e. The minimum absolute atomic E-state index is 0.0338. The normalized spacial score (nSPS) is 34.4. The summed E-state index contributed by atoms with van der Waals surface area (Å²) in [5.74, 6) is -0.328. The molecule has 0 bridgehead atoms. The van der Waals surface area contributed by atoms with Gasteiger partial charge in [-0.1, -0.05) is 0 Å². The number of hydrogen-bond acceptors (Lipinski definition) is 4. The Morgan fingerprint density at radius 3 is 2.80 bits per heavy atom. The van der Waals surface area contributed by atoms with Crippen LogP contribution in [0, 0.1) is 5.92 Å². The van der Waals surface area contributed by atoms with Crippen LogP contribution in [0.2, 0.25) is 0 Å². The summed E-state index contributed by atoms with van der Waals surface area (Å²) in [6.45, 7) is 4.46. The molecule has 0 radical (unpaired) electrons. The van der Waals surface area contributed by atoms with E-state index in [1.165, 1.54) is 0 Å². The van der Waals surface area contributed by atoms with Crippen LogP contribution in [-0.4, -0.2) is 60.5 Å². The Morgan fingerprint density at radius 2 is 2.05 bits per heavy atom. The molecule has 0 aromatic rings. The highest BCUT2D eigenvalue weighted by molar-refractivity contribution is 5.67. The SMILES string of the molecule is O=C(O)CC1CCN(C2CCOC3(CCOCC3)C2)C1. The lowest BCUT2D eigenvalue weighted by Crippen LogP contribution is -2.50. The molecule has 3 heterocycles. The molecule has 3 rings (SSSR count). The molecule has 3 aliphatic heterocycles. The van der Waals surface area contributed by atoms with Gasteiger partial charge in [-0.3, -0.25) is 9.69 Å². The van der Waals surface area contributed by atoms with Crippen LogP contribution >= 0.6 is 0 Å². The molecule has 3 saturated heterocycles. The van der Waals surface area contributed by atoms with Gasteiger partial charge in [-0.15, -0.1) is 0 Å². The van der Waals surface area contributed by atoms with E-state index in [1.807, 2.05) is 0 Å². The molecule has 114 valence electrons. The lowest BCUT2D eigenvalue weighted by molar-refractivity contribution is -0.150. The molecule has 0 saturated carbocycles. The number of carboxylic acid groups (broad SMARTS) is 1. The highest BCUT2D eigenvalue weighted by Gasteiger charge is 2.42. The summed E-state index contributed by atoms with van der Waals surface area (Å²) >= 11 is 0. The van der Waals surface area contributed by atoms with Crippen LogP contribution in [0.1, 0.15) is 38.5 Å². The van der Waals surface area contributed by atoms with Crippen molar-refractivity contribution in [3.05, 3.63) is 0 Å². The van der Waals surface area contributed by atoms with Crippen molar-refractivity contribution in [3.8, 4) is 0 Å². The van der Waals surface area contributed by atoms with E-state index in [0.29, 0.717) is 18.4 Å². The third-order valence-corrected chi connectivity index (χ3v) is 5.17. The zero-order valence-corrected chi connectivity index (χ0v) is 12.1. The Labute approximate surface area is 120 Å². The van der Waals surface area contributed by atoms with Gasteiger partial charge in [0.15, 0.2) is 0 Å². The second-order valence-electron chi connectivity index (χ2n) is 6.54. The van der Waals surface area contributed by atoms with Crippen molar-refractivity contribution in [2.75, 3.05) is 32.9 Å². The number of carbonyl (C=O) groups is 1. The van der Waals surface area contributed by atoms with E-state index in [9.17, 15) is 4.79 Å². The molecular formula is C15H25NO4. The molecule has 0 aromatic heterocycles. The molecule has 5 heteroatoms. The van der Waals surface area contributed by atoms with Gasteiger partial charge in [0.1, 0.15) is 0 Å². The molecule has 2 atom stereocenters. The first kappa shape index (κ1) is 14.3. The number of hydrogen-bond donors (Lipinski definition) is 1. The Bertz CT molecular complexity index is 348. The van der Waals surface area contributed by atoms with E-state index in [-0.39, 0.29) is 5.60 Å². The molecule has 1 N–H and O–H groups in total. The van der Waals surface area contributed by atoms with Crippen LogP contribution in [-0.2, 0) is 14.3 Å². The summed E-state index contributed by atoms with van der Waals surface area (Å²) in [7, 11) is 0. The summed E-state index contributed by atoms with van der Waals surface area (Å²) in [6, 6.07) is 0.570. The van der Waals surface area contributed by atoms with Gasteiger partial charge in [0.2, 0.25) is 0 Å². The summed E-state index contributed by atoms with van der Waals surface area (Å²) in [5, 5.41) is 8.92. The van der Waals surface area contributed by atoms with Crippen molar-refractivity contribution in [1.29, 1.82) is 0 Å². The predicted molar refractivity (Wildman–Crippen MR) is 73.7 cm³/mol. The molecule has 2 unspecified atom stereocenters. The topological polar surface area (TPSA) is 59.0 Å². The largest absolute Gasteiger partial charge is 0.481 e. The van der Waals surface area contributed by atoms with Gasteiger partial charge in [0, 0.05) is 38.8 Å². The van der Waals surface area contributed by atoms with Gasteiger partial charge in [-0.2, -0.15) is 0 Å². The molecule has 3 aliphatic rings. The number of rotatable bonds is 3. The minimum atomic E-state index is -0.662. The van der Waals surface area contributed by atoms with Crippen molar-refractivity contribution in [2.24, 2.45) is 5.92 Å². The fourth-order valence-electron chi connectivity index (χ4n) is 4.01. The van der Waals surface area contributed by atoms with Gasteiger partial charge in [0.05, 0.1) is 5.60 Å². The smallest absolute Gasteiger partial charge is 0.303 e. The highest BCUT2D eigenvalue weighted by Crippen LogP contribution is 2.37. The molecular weight excluding hydrogens is 258 g/mol. The number of nitrogens with zero attached hydrogens (tertiary/aromatic N) is 1. The first-order chi connectivity index (χ1) is 9.67. The van der Waals surface area contributed by atoms with E-state index in [4.69, 9.17) is 14.6 Å². The van der Waals surface area contributed by atoms with Crippen LogP contribution in [0.15, 0.2) is 0 Å². The Morgan fingerprint density at radius 1 is 1.25 bits per heavy atom. The average Bonchev–Trinajstić information content (AvgIpc) is 2.87. The summed E-state index contributed by atoms with van der Waals surface area (Å²) in [4.78, 5) is 13.3. The van der Waals surface area contributed by atoms with E-state index >= 15 is 0 Å². The van der Waals surface area contributed by atoms with E-state index in [0.717, 1.165) is 65.0 Å². The van der Waals surface area contributed by atoms with Crippen LogP contribution in [0.25, 0.3) is 0 Å². The maximum atomic E-state index is 10.8. The molecule has 0 amide bonds. The zero-order chi connectivity index (χ0) is 14.0. The van der Waals surface area contributed by atoms with Crippen molar-refractivity contribution in [1.82, 2.24) is 4.90 Å². The molecule has 0 aliphatic carbocycles. The first-order valence-corrected chi connectivity index (χ1v) is 7.84. The number of likely N-dealkylation sites (tertiary alicyclic amines) is 1. The minimum Gasteiger partial charge on any atom is -0.481 e. The third-order valence-electron chi connectivity index (χ3n) is 5.17. The molecule has 3 fully saturated rings. The Kier molecular flexibility index (Phi) is 4.29. The van der Waals surface area contributed by atoms with E-state index < -0.39 is 5.97 Å². The standard InChI is InChI=1S/C15H25NO4/c17-14(18)9-12-1-5-16(11-12)13-2-6-20-15(10-13)3-7-19-8-4-15/h12-13H,1-11H2,(H,17,18). The monoisotopic (exact) mass is 283 g/mol. The molecule has 1 spiro atoms. The van der Waals surface area contributed by atoms with Crippen molar-refractivity contribution >= 4 is 5.97 Å². The maximum absolute atomic E-state index is 10.8. The number of carboxylic acids is 1. The second kappa shape index (κ2) is 6.00. The Balaban J connectivity index is 1.56. The van der Waals surface area contributed by atoms with E-state index in [2.05, 4.69) is 4.90 Å². The highest BCUT2D eigenvalue weighted by atomic mass is 16.5. The fourth-order valence-corrected chi connectivity index (χ4v) is 4.01. The van der Waals surface area contributed by atoms with Crippen molar-refractivity contribution in [2.45, 2.75) is 50.2 Å². The summed E-state index contributed by atoms with van der Waals surface area (Å²) in [6.07, 6.45) is 5.54. The Hall–Kier alpha value is -0.650. The van der Waals surface area contributed by atoms with Crippen LogP contribution < -0.4 is 0 Å². The van der Waals surface area contributed by atoms with Crippen LogP contribution in [0.4, 0.5) is 0 Å². The van der Waals surface area contributed by atoms with Gasteiger partial charge in [0.25, 0.3) is 0 Å². The van der Waals surface area contributed by atoms with Gasteiger partial charge < -0.3 is 14.6 Å². The number of aliphatic carboxylic acids is 1. The molecule has 20 heavy (non-hydrogen) atoms. The summed E-state index contributed by atoms with van der Waals surface area (Å²) in [5.41, 5.74) is 0.0338. The lowest BCUT2D eigenvalue weighted by atomic mass is 9.83. The van der Waals surface area contributed by atoms with Gasteiger partial charge in [-0.25, -0.2) is 0 Å². The van der Waals surface area contributed by atoms with Crippen molar-refractivity contribution < 1.29 is 19.4 Å².